The summed E-state index contributed by atoms with van der Waals surface area (Å²) < 4.78 is 40.9. The first-order valence-electron chi connectivity index (χ1n) is 16.2. The maximum Gasteiger partial charge on any atom is 0.393 e. The summed E-state index contributed by atoms with van der Waals surface area (Å²) in [7, 11) is 0. The minimum Gasteiger partial charge on any atom is -0.369 e. The van der Waals surface area contributed by atoms with Crippen LogP contribution in [0.15, 0.2) is 65.6 Å². The molecule has 0 spiro atoms. The molecule has 2 aliphatic heterocycles. The normalized spacial score (nSPS) is 18.8. The molecular weight excluding hydrogens is 589 g/mol. The quantitative estimate of drug-likeness (QED) is 0.246. The maximum atomic E-state index is 13.8. The Kier molecular flexibility index (Phi) is 8.43. The first kappa shape index (κ1) is 30.3. The highest BCUT2D eigenvalue weighted by atomic mass is 19.4. The van der Waals surface area contributed by atoms with Crippen molar-refractivity contribution < 1.29 is 13.2 Å². The monoisotopic (exact) mass is 626 g/mol. The van der Waals surface area contributed by atoms with E-state index in [4.69, 9.17) is 4.98 Å². The molecule has 1 N–H and O–H groups in total. The molecule has 1 aliphatic carbocycles. The second-order valence-electron chi connectivity index (χ2n) is 12.7. The first-order chi connectivity index (χ1) is 22.3. The van der Waals surface area contributed by atoms with Gasteiger partial charge in [0.15, 0.2) is 0 Å². The average molecular weight is 627 g/mol. The molecule has 0 radical (unpaired) electrons. The smallest absolute Gasteiger partial charge is 0.369 e. The fourth-order valence-electron chi connectivity index (χ4n) is 7.07. The van der Waals surface area contributed by atoms with Gasteiger partial charge in [-0.1, -0.05) is 48.9 Å². The molecule has 46 heavy (non-hydrogen) atoms. The zero-order chi connectivity index (χ0) is 31.7. The average Bonchev–Trinajstić information content (AvgIpc) is 3.74. The van der Waals surface area contributed by atoms with E-state index in [1.54, 1.807) is 24.4 Å². The standard InChI is InChI=1S/C36H37F3N6O/c37-36(38,39)21-26-7-3-8-27(19-26)23-45-33-29(20-28(34(45)46)11-10-25-5-1-2-6-25)22-40-35(42-33)41-30-12-14-31(15-13-30)44-18-17-43-16-4-9-32(43)24-44/h3,7-8,12-15,19-20,22,25,32H,1-2,4-6,9,16-18,21,23-24H2,(H,40,41,42). The van der Waals surface area contributed by atoms with E-state index in [1.165, 1.54) is 41.8 Å². The van der Waals surface area contributed by atoms with Gasteiger partial charge in [0, 0.05) is 54.6 Å². The van der Waals surface area contributed by atoms with Gasteiger partial charge < -0.3 is 10.2 Å². The molecule has 4 aromatic rings. The number of anilines is 3. The van der Waals surface area contributed by atoms with Crippen molar-refractivity contribution in [3.63, 3.8) is 0 Å². The summed E-state index contributed by atoms with van der Waals surface area (Å²) in [6.07, 6.45) is 3.17. The summed E-state index contributed by atoms with van der Waals surface area (Å²) in [6.45, 7) is 4.42. The Morgan fingerprint density at radius 1 is 0.935 bits per heavy atom. The van der Waals surface area contributed by atoms with E-state index in [1.807, 2.05) is 12.1 Å². The van der Waals surface area contributed by atoms with Crippen LogP contribution in [0.5, 0.6) is 0 Å². The van der Waals surface area contributed by atoms with Crippen LogP contribution in [0.25, 0.3) is 11.0 Å². The Balaban J connectivity index is 1.18. The molecule has 1 unspecified atom stereocenters. The summed E-state index contributed by atoms with van der Waals surface area (Å²) in [5.41, 5.74) is 3.12. The number of rotatable bonds is 6. The van der Waals surface area contributed by atoms with Gasteiger partial charge in [0.1, 0.15) is 5.65 Å². The number of aromatic nitrogens is 3. The number of benzene rings is 2. The van der Waals surface area contributed by atoms with Crippen molar-refractivity contribution in [2.24, 2.45) is 5.92 Å². The van der Waals surface area contributed by atoms with Crippen LogP contribution in [0, 0.1) is 17.8 Å². The van der Waals surface area contributed by atoms with Crippen molar-refractivity contribution in [3.8, 4) is 11.8 Å². The van der Waals surface area contributed by atoms with E-state index in [-0.39, 0.29) is 23.6 Å². The lowest BCUT2D eigenvalue weighted by Crippen LogP contribution is -2.50. The summed E-state index contributed by atoms with van der Waals surface area (Å²) in [5, 5.41) is 3.90. The van der Waals surface area contributed by atoms with E-state index in [0.29, 0.717) is 34.2 Å². The molecular formula is C36H37F3N6O. The lowest BCUT2D eigenvalue weighted by atomic mass is 10.1. The highest BCUT2D eigenvalue weighted by molar-refractivity contribution is 5.77. The number of piperazine rings is 1. The van der Waals surface area contributed by atoms with Gasteiger partial charge in [-0.15, -0.1) is 0 Å². The molecule has 0 amide bonds. The predicted octanol–water partition coefficient (Wildman–Crippen LogP) is 6.51. The molecule has 2 saturated heterocycles. The van der Waals surface area contributed by atoms with E-state index in [9.17, 15) is 18.0 Å². The molecule has 4 heterocycles. The predicted molar refractivity (Wildman–Crippen MR) is 174 cm³/mol. The van der Waals surface area contributed by atoms with Crippen molar-refractivity contribution in [2.75, 3.05) is 36.4 Å². The molecule has 7 rings (SSSR count). The maximum absolute atomic E-state index is 13.8. The number of pyridine rings is 1. The molecule has 3 fully saturated rings. The molecule has 2 aromatic heterocycles. The van der Waals surface area contributed by atoms with Crippen LogP contribution in [0.4, 0.5) is 30.5 Å². The van der Waals surface area contributed by atoms with Gasteiger partial charge >= 0.3 is 6.18 Å². The first-order valence-corrected chi connectivity index (χ1v) is 16.2. The molecule has 1 atom stereocenters. The van der Waals surface area contributed by atoms with E-state index >= 15 is 0 Å². The number of nitrogens with zero attached hydrogens (tertiary/aromatic N) is 5. The van der Waals surface area contributed by atoms with Gasteiger partial charge in [0.25, 0.3) is 5.56 Å². The molecule has 2 aromatic carbocycles. The summed E-state index contributed by atoms with van der Waals surface area (Å²) in [6, 6.07) is 16.8. The third-order valence-corrected chi connectivity index (χ3v) is 9.41. The molecule has 3 aliphatic rings. The van der Waals surface area contributed by atoms with Crippen LogP contribution in [0.2, 0.25) is 0 Å². The van der Waals surface area contributed by atoms with Gasteiger partial charge in [-0.05, 0) is 73.7 Å². The van der Waals surface area contributed by atoms with Crippen molar-refractivity contribution >= 4 is 28.4 Å². The number of hydrogen-bond donors (Lipinski definition) is 1. The van der Waals surface area contributed by atoms with Gasteiger partial charge in [-0.2, -0.15) is 18.2 Å². The van der Waals surface area contributed by atoms with Crippen LogP contribution >= 0.6 is 0 Å². The van der Waals surface area contributed by atoms with Crippen molar-refractivity contribution in [1.29, 1.82) is 0 Å². The minimum atomic E-state index is -4.32. The number of fused-ring (bicyclic) bond motifs is 2. The lowest BCUT2D eigenvalue weighted by Gasteiger charge is -2.38. The third-order valence-electron chi connectivity index (χ3n) is 9.41. The Bertz CT molecular complexity index is 1840. The van der Waals surface area contributed by atoms with Crippen LogP contribution in [-0.4, -0.2) is 57.8 Å². The number of halogens is 3. The van der Waals surface area contributed by atoms with Crippen molar-refractivity contribution in [2.45, 2.75) is 63.7 Å². The van der Waals surface area contributed by atoms with Gasteiger partial charge in [-0.25, -0.2) is 4.98 Å². The lowest BCUT2D eigenvalue weighted by molar-refractivity contribution is -0.127. The van der Waals surface area contributed by atoms with Crippen LogP contribution < -0.4 is 15.8 Å². The van der Waals surface area contributed by atoms with Crippen molar-refractivity contribution in [1.82, 2.24) is 19.4 Å². The van der Waals surface area contributed by atoms with Crippen LogP contribution in [-0.2, 0) is 13.0 Å². The number of hydrogen-bond acceptors (Lipinski definition) is 6. The van der Waals surface area contributed by atoms with Crippen LogP contribution in [0.3, 0.4) is 0 Å². The Morgan fingerprint density at radius 2 is 1.74 bits per heavy atom. The fourth-order valence-corrected chi connectivity index (χ4v) is 7.07. The zero-order valence-corrected chi connectivity index (χ0v) is 25.7. The molecule has 7 nitrogen and oxygen atoms in total. The van der Waals surface area contributed by atoms with E-state index in [0.717, 1.165) is 51.0 Å². The fraction of sp³-hybridized carbons (Fsp3) is 0.417. The van der Waals surface area contributed by atoms with Gasteiger partial charge in [0.2, 0.25) is 5.95 Å². The molecule has 238 valence electrons. The summed E-state index contributed by atoms with van der Waals surface area (Å²) in [5.74, 6) is 6.96. The van der Waals surface area contributed by atoms with Gasteiger partial charge in [-0.3, -0.25) is 14.3 Å². The molecule has 0 bridgehead atoms. The highest BCUT2D eigenvalue weighted by Crippen LogP contribution is 2.28. The molecule has 10 heteroatoms. The second-order valence-corrected chi connectivity index (χ2v) is 12.7. The Morgan fingerprint density at radius 3 is 2.54 bits per heavy atom. The number of alkyl halides is 3. The molecule has 1 saturated carbocycles. The van der Waals surface area contributed by atoms with E-state index in [2.05, 4.69) is 44.1 Å². The summed E-state index contributed by atoms with van der Waals surface area (Å²) >= 11 is 0. The highest BCUT2D eigenvalue weighted by Gasteiger charge is 2.30. The largest absolute Gasteiger partial charge is 0.393 e. The second kappa shape index (κ2) is 12.8. The number of nitrogens with one attached hydrogen (secondary N) is 1. The Hall–Kier alpha value is -4.36. The topological polar surface area (TPSA) is 66.3 Å². The van der Waals surface area contributed by atoms with Crippen LogP contribution in [0.1, 0.15) is 55.2 Å². The minimum absolute atomic E-state index is 0.0549. The van der Waals surface area contributed by atoms with E-state index < -0.39 is 12.6 Å². The summed E-state index contributed by atoms with van der Waals surface area (Å²) in [4.78, 5) is 28.1. The van der Waals surface area contributed by atoms with Gasteiger partial charge in [0.05, 0.1) is 18.5 Å². The Labute approximate surface area is 266 Å². The third kappa shape index (κ3) is 6.90. The zero-order valence-electron chi connectivity index (χ0n) is 25.7. The SMILES string of the molecule is O=c1c(C#CC2CCCC2)cc2cnc(Nc3ccc(N4CCN5CCCC5C4)cc3)nc2n1Cc1cccc(CC(F)(F)F)c1. The van der Waals surface area contributed by atoms with Crippen molar-refractivity contribution in [3.05, 3.63) is 87.8 Å².